The minimum Gasteiger partial charge on any atom is -0.376 e. The molecule has 2 aliphatic rings. The third-order valence-electron chi connectivity index (χ3n) is 4.90. The normalized spacial score (nSPS) is 20.1. The van der Waals surface area contributed by atoms with Gasteiger partial charge in [0.05, 0.1) is 18.0 Å². The van der Waals surface area contributed by atoms with Gasteiger partial charge in [0.25, 0.3) is 5.56 Å². The highest BCUT2D eigenvalue weighted by Crippen LogP contribution is 2.35. The molecule has 4 nitrogen and oxygen atoms in total. The summed E-state index contributed by atoms with van der Waals surface area (Å²) in [7, 11) is 0. The van der Waals surface area contributed by atoms with Gasteiger partial charge in [-0.2, -0.15) is 0 Å². The molecule has 1 atom stereocenters. The predicted octanol–water partition coefficient (Wildman–Crippen LogP) is 4.18. The Morgan fingerprint density at radius 3 is 3.00 bits per heavy atom. The molecule has 0 amide bonds. The maximum absolute atomic E-state index is 13.4. The summed E-state index contributed by atoms with van der Waals surface area (Å²) in [5, 5.41) is 1.69. The van der Waals surface area contributed by atoms with E-state index in [0.717, 1.165) is 59.0 Å². The number of fused-ring (bicyclic) bond motifs is 3. The lowest BCUT2D eigenvalue weighted by molar-refractivity contribution is 0.0937. The van der Waals surface area contributed by atoms with Crippen LogP contribution in [0, 0.1) is 0 Å². The first-order chi connectivity index (χ1) is 12.1. The first-order valence-corrected chi connectivity index (χ1v) is 10.9. The molecule has 1 aliphatic carbocycles. The van der Waals surface area contributed by atoms with Crippen LogP contribution in [0.2, 0.25) is 0 Å². The molecule has 0 bridgehead atoms. The SMILES string of the molecule is C=C(C)CSc1nc2sc3c(c2c(=O)n1C[C@@H]1CCCO1)CCCC3. The van der Waals surface area contributed by atoms with Crippen molar-refractivity contribution in [2.45, 2.75) is 63.3 Å². The van der Waals surface area contributed by atoms with Gasteiger partial charge in [-0.3, -0.25) is 9.36 Å². The lowest BCUT2D eigenvalue weighted by Gasteiger charge is -2.16. The van der Waals surface area contributed by atoms with Gasteiger partial charge >= 0.3 is 0 Å². The van der Waals surface area contributed by atoms with Crippen LogP contribution in [0.4, 0.5) is 0 Å². The third-order valence-corrected chi connectivity index (χ3v) is 7.29. The maximum atomic E-state index is 13.4. The Bertz CT molecular complexity index is 862. The molecule has 0 N–H and O–H groups in total. The Morgan fingerprint density at radius 2 is 2.24 bits per heavy atom. The summed E-state index contributed by atoms with van der Waals surface area (Å²) in [5.74, 6) is 0.786. The number of hydrogen-bond acceptors (Lipinski definition) is 5. The fourth-order valence-corrected chi connectivity index (χ4v) is 5.82. The van der Waals surface area contributed by atoms with Crippen LogP contribution in [0.3, 0.4) is 0 Å². The molecule has 0 saturated carbocycles. The van der Waals surface area contributed by atoms with Crippen molar-refractivity contribution < 1.29 is 4.74 Å². The number of ether oxygens (including phenoxy) is 1. The van der Waals surface area contributed by atoms with Crippen LogP contribution in [-0.4, -0.2) is 28.0 Å². The van der Waals surface area contributed by atoms with Crippen molar-refractivity contribution in [2.75, 3.05) is 12.4 Å². The molecule has 0 aromatic carbocycles. The van der Waals surface area contributed by atoms with E-state index in [2.05, 4.69) is 6.58 Å². The van der Waals surface area contributed by atoms with Gasteiger partial charge in [-0.1, -0.05) is 23.9 Å². The molecular weight excluding hydrogens is 352 g/mol. The van der Waals surface area contributed by atoms with Gasteiger partial charge in [-0.05, 0) is 51.0 Å². The highest BCUT2D eigenvalue weighted by molar-refractivity contribution is 7.99. The first-order valence-electron chi connectivity index (χ1n) is 9.07. The molecule has 0 unspecified atom stereocenters. The van der Waals surface area contributed by atoms with E-state index >= 15 is 0 Å². The summed E-state index contributed by atoms with van der Waals surface area (Å²) >= 11 is 3.34. The van der Waals surface area contributed by atoms with E-state index in [1.165, 1.54) is 23.3 Å². The predicted molar refractivity (Wildman–Crippen MR) is 105 cm³/mol. The van der Waals surface area contributed by atoms with Gasteiger partial charge < -0.3 is 4.74 Å². The molecule has 3 heterocycles. The smallest absolute Gasteiger partial charge is 0.263 e. The molecule has 6 heteroatoms. The molecule has 1 saturated heterocycles. The molecule has 2 aromatic heterocycles. The van der Waals surface area contributed by atoms with Crippen LogP contribution < -0.4 is 5.56 Å². The standard InChI is InChI=1S/C19H24N2O2S2/c1-12(2)11-24-19-20-17-16(14-7-3-4-8-15(14)25-17)18(22)21(19)10-13-6-5-9-23-13/h13H,1,3-11H2,2H3/t13-/m0/s1. The Balaban J connectivity index is 1.81. The largest absolute Gasteiger partial charge is 0.376 e. The fourth-order valence-electron chi connectivity index (χ4n) is 3.67. The Labute approximate surface area is 156 Å². The number of aryl methyl sites for hydroxylation is 2. The number of thiophene rings is 1. The Hall–Kier alpha value is -1.11. The Kier molecular flexibility index (Phi) is 5.02. The van der Waals surface area contributed by atoms with Crippen LogP contribution >= 0.6 is 23.1 Å². The summed E-state index contributed by atoms with van der Waals surface area (Å²) in [6, 6.07) is 0. The molecule has 1 aliphatic heterocycles. The van der Waals surface area contributed by atoms with E-state index in [1.807, 2.05) is 11.5 Å². The van der Waals surface area contributed by atoms with Crippen molar-refractivity contribution in [3.63, 3.8) is 0 Å². The molecule has 0 radical (unpaired) electrons. The van der Waals surface area contributed by atoms with Crippen molar-refractivity contribution >= 4 is 33.3 Å². The van der Waals surface area contributed by atoms with Crippen LogP contribution in [0.1, 0.15) is 43.0 Å². The molecule has 1 fully saturated rings. The third kappa shape index (κ3) is 3.44. The van der Waals surface area contributed by atoms with E-state index in [-0.39, 0.29) is 11.7 Å². The molecule has 4 rings (SSSR count). The van der Waals surface area contributed by atoms with Gasteiger partial charge in [0.2, 0.25) is 0 Å². The molecule has 25 heavy (non-hydrogen) atoms. The first kappa shape index (κ1) is 17.3. The monoisotopic (exact) mass is 376 g/mol. The fraction of sp³-hybridized carbons (Fsp3) is 0.579. The lowest BCUT2D eigenvalue weighted by Crippen LogP contribution is -2.29. The van der Waals surface area contributed by atoms with Crippen LogP contribution in [0.15, 0.2) is 22.1 Å². The topological polar surface area (TPSA) is 44.1 Å². The van der Waals surface area contributed by atoms with Crippen LogP contribution in [0.5, 0.6) is 0 Å². The van der Waals surface area contributed by atoms with Gasteiger partial charge in [-0.25, -0.2) is 4.98 Å². The van der Waals surface area contributed by atoms with Crippen molar-refractivity contribution in [3.8, 4) is 0 Å². The zero-order valence-electron chi connectivity index (χ0n) is 14.7. The molecule has 0 spiro atoms. The second kappa shape index (κ2) is 7.25. The summed E-state index contributed by atoms with van der Waals surface area (Å²) in [5.41, 5.74) is 2.49. The van der Waals surface area contributed by atoms with Crippen LogP contribution in [-0.2, 0) is 24.1 Å². The zero-order valence-corrected chi connectivity index (χ0v) is 16.3. The van der Waals surface area contributed by atoms with Crippen molar-refractivity contribution in [3.05, 3.63) is 32.9 Å². The molecule has 2 aromatic rings. The van der Waals surface area contributed by atoms with E-state index < -0.39 is 0 Å². The number of aromatic nitrogens is 2. The van der Waals surface area contributed by atoms with Gasteiger partial charge in [0, 0.05) is 17.2 Å². The second-order valence-electron chi connectivity index (χ2n) is 7.08. The van der Waals surface area contributed by atoms with E-state index in [4.69, 9.17) is 9.72 Å². The quantitative estimate of drug-likeness (QED) is 0.446. The number of rotatable bonds is 5. The summed E-state index contributed by atoms with van der Waals surface area (Å²) in [4.78, 5) is 20.5. The minimum absolute atomic E-state index is 0.129. The highest BCUT2D eigenvalue weighted by Gasteiger charge is 2.24. The number of hydrogen-bond donors (Lipinski definition) is 0. The van der Waals surface area contributed by atoms with Crippen molar-refractivity contribution in [1.82, 2.24) is 9.55 Å². The Morgan fingerprint density at radius 1 is 1.40 bits per heavy atom. The van der Waals surface area contributed by atoms with E-state index in [9.17, 15) is 4.79 Å². The molecular formula is C19H24N2O2S2. The average Bonchev–Trinajstić information content (AvgIpc) is 3.22. The summed E-state index contributed by atoms with van der Waals surface area (Å²) in [6.45, 7) is 7.41. The number of nitrogens with zero attached hydrogens (tertiary/aromatic N) is 2. The lowest BCUT2D eigenvalue weighted by atomic mass is 9.97. The molecule has 134 valence electrons. The van der Waals surface area contributed by atoms with Crippen LogP contribution in [0.25, 0.3) is 10.2 Å². The van der Waals surface area contributed by atoms with E-state index in [0.29, 0.717) is 6.54 Å². The minimum atomic E-state index is 0.129. The van der Waals surface area contributed by atoms with Gasteiger partial charge in [0.1, 0.15) is 4.83 Å². The zero-order chi connectivity index (χ0) is 17.4. The van der Waals surface area contributed by atoms with Crippen molar-refractivity contribution in [1.29, 1.82) is 0 Å². The maximum Gasteiger partial charge on any atom is 0.263 e. The summed E-state index contributed by atoms with van der Waals surface area (Å²) in [6.07, 6.45) is 6.75. The van der Waals surface area contributed by atoms with Gasteiger partial charge in [0.15, 0.2) is 5.16 Å². The average molecular weight is 377 g/mol. The highest BCUT2D eigenvalue weighted by atomic mass is 32.2. The summed E-state index contributed by atoms with van der Waals surface area (Å²) < 4.78 is 7.66. The van der Waals surface area contributed by atoms with Gasteiger partial charge in [-0.15, -0.1) is 11.3 Å². The van der Waals surface area contributed by atoms with E-state index in [1.54, 1.807) is 23.1 Å². The second-order valence-corrected chi connectivity index (χ2v) is 9.11. The number of thioether (sulfide) groups is 1. The van der Waals surface area contributed by atoms with Crippen molar-refractivity contribution in [2.24, 2.45) is 0 Å².